The van der Waals surface area contributed by atoms with Crippen LogP contribution in [-0.2, 0) is 17.6 Å². The quantitative estimate of drug-likeness (QED) is 0.230. The molecule has 0 spiro atoms. The smallest absolute Gasteiger partial charge is 0.341 e. The molecule has 0 aliphatic carbocycles. The molecule has 1 aromatic heterocycles. The average Bonchev–Trinajstić information content (AvgIpc) is 3.17. The number of esters is 1. The number of thiophene rings is 1. The van der Waals surface area contributed by atoms with Crippen molar-refractivity contribution in [1.82, 2.24) is 5.32 Å². The Hall–Kier alpha value is -2.70. The van der Waals surface area contributed by atoms with E-state index in [2.05, 4.69) is 47.0 Å². The van der Waals surface area contributed by atoms with E-state index >= 15 is 0 Å². The molecule has 0 atom stereocenters. The van der Waals surface area contributed by atoms with Gasteiger partial charge in [-0.2, -0.15) is 0 Å². The van der Waals surface area contributed by atoms with Gasteiger partial charge >= 0.3 is 5.97 Å². The third-order valence-electron chi connectivity index (χ3n) is 4.75. The van der Waals surface area contributed by atoms with Crippen molar-refractivity contribution in [2.24, 2.45) is 0 Å². The molecule has 0 radical (unpaired) electrons. The van der Waals surface area contributed by atoms with Crippen molar-refractivity contribution in [2.45, 2.75) is 32.6 Å². The molecule has 3 rings (SSSR count). The van der Waals surface area contributed by atoms with Crippen LogP contribution in [0.4, 0.5) is 5.00 Å². The second-order valence-corrected chi connectivity index (χ2v) is 8.71. The number of rotatable bonds is 10. The Bertz CT molecular complexity index is 972. The average molecular weight is 453 g/mol. The molecule has 162 valence electrons. The fourth-order valence-electron chi connectivity index (χ4n) is 3.23. The minimum absolute atomic E-state index is 0.328. The molecule has 0 unspecified atom stereocenters. The molecule has 0 bridgehead atoms. The lowest BCUT2D eigenvalue weighted by Gasteiger charge is -2.10. The number of carbonyl (C=O) groups is 1. The van der Waals surface area contributed by atoms with Gasteiger partial charge < -0.3 is 15.4 Å². The van der Waals surface area contributed by atoms with Crippen molar-refractivity contribution in [3.05, 3.63) is 88.3 Å². The Kier molecular flexibility index (Phi) is 9.06. The molecule has 0 saturated carbocycles. The monoisotopic (exact) mass is 452 g/mol. The van der Waals surface area contributed by atoms with Crippen LogP contribution in [0, 0.1) is 0 Å². The predicted octanol–water partition coefficient (Wildman–Crippen LogP) is 5.82. The SMILES string of the molecule is CCOC(=O)c1cc(Cc2ccccc2)sc1NC(=S)NCCCCc1ccccc1. The number of nitrogens with one attached hydrogen (secondary N) is 2. The van der Waals surface area contributed by atoms with Gasteiger partial charge in [0.25, 0.3) is 0 Å². The van der Waals surface area contributed by atoms with Crippen LogP contribution >= 0.6 is 23.6 Å². The maximum absolute atomic E-state index is 12.4. The van der Waals surface area contributed by atoms with Gasteiger partial charge in [-0.1, -0.05) is 60.7 Å². The van der Waals surface area contributed by atoms with E-state index in [9.17, 15) is 4.79 Å². The van der Waals surface area contributed by atoms with E-state index in [0.29, 0.717) is 17.3 Å². The van der Waals surface area contributed by atoms with Crippen LogP contribution in [-0.4, -0.2) is 24.2 Å². The van der Waals surface area contributed by atoms with Crippen molar-refractivity contribution in [2.75, 3.05) is 18.5 Å². The Morgan fingerprint density at radius 1 is 1.00 bits per heavy atom. The summed E-state index contributed by atoms with van der Waals surface area (Å²) in [5.74, 6) is -0.328. The number of unbranched alkanes of at least 4 members (excludes halogenated alkanes) is 1. The first-order valence-electron chi connectivity index (χ1n) is 10.6. The zero-order valence-corrected chi connectivity index (χ0v) is 19.4. The summed E-state index contributed by atoms with van der Waals surface area (Å²) in [5, 5.41) is 7.71. The number of hydrogen-bond donors (Lipinski definition) is 2. The van der Waals surface area contributed by atoms with Crippen LogP contribution in [0.15, 0.2) is 66.7 Å². The molecule has 6 heteroatoms. The van der Waals surface area contributed by atoms with E-state index < -0.39 is 0 Å². The van der Waals surface area contributed by atoms with Crippen LogP contribution in [0.2, 0.25) is 0 Å². The molecule has 0 amide bonds. The number of thiocarbonyl (C=S) groups is 1. The van der Waals surface area contributed by atoms with Gasteiger partial charge in [-0.15, -0.1) is 11.3 Å². The highest BCUT2D eigenvalue weighted by Crippen LogP contribution is 2.30. The first-order chi connectivity index (χ1) is 15.2. The topological polar surface area (TPSA) is 50.4 Å². The Labute approximate surface area is 193 Å². The number of carbonyl (C=O) groups excluding carboxylic acids is 1. The molecule has 0 aliphatic heterocycles. The van der Waals surface area contributed by atoms with Gasteiger partial charge in [-0.25, -0.2) is 4.79 Å². The number of anilines is 1. The fourth-order valence-corrected chi connectivity index (χ4v) is 4.58. The standard InChI is InChI=1S/C25H28N2O2S2/c1-2-29-24(28)22-18-21(17-20-14-7-4-8-15-20)31-23(22)27-25(30)26-16-10-9-13-19-11-5-3-6-12-19/h3-8,11-12,14-15,18H,2,9-10,13,16-17H2,1H3,(H2,26,27,30). The molecule has 4 nitrogen and oxygen atoms in total. The van der Waals surface area contributed by atoms with E-state index in [1.165, 1.54) is 22.5 Å². The summed E-state index contributed by atoms with van der Waals surface area (Å²) in [6.45, 7) is 2.94. The minimum atomic E-state index is -0.328. The highest BCUT2D eigenvalue weighted by atomic mass is 32.1. The van der Waals surface area contributed by atoms with E-state index in [4.69, 9.17) is 17.0 Å². The minimum Gasteiger partial charge on any atom is -0.462 e. The molecule has 2 N–H and O–H groups in total. The first-order valence-corrected chi connectivity index (χ1v) is 11.8. The van der Waals surface area contributed by atoms with Crippen LogP contribution in [0.25, 0.3) is 0 Å². The first kappa shape index (κ1) is 23.0. The number of aryl methyl sites for hydroxylation is 1. The zero-order valence-electron chi connectivity index (χ0n) is 17.7. The predicted molar refractivity (Wildman–Crippen MR) is 133 cm³/mol. The summed E-state index contributed by atoms with van der Waals surface area (Å²) in [7, 11) is 0. The summed E-state index contributed by atoms with van der Waals surface area (Å²) < 4.78 is 5.23. The van der Waals surface area contributed by atoms with Gasteiger partial charge in [-0.3, -0.25) is 0 Å². The molecule has 31 heavy (non-hydrogen) atoms. The lowest BCUT2D eigenvalue weighted by Crippen LogP contribution is -2.29. The van der Waals surface area contributed by atoms with Gasteiger partial charge in [0.1, 0.15) is 5.00 Å². The van der Waals surface area contributed by atoms with Gasteiger partial charge in [0.05, 0.1) is 12.2 Å². The lowest BCUT2D eigenvalue weighted by atomic mass is 10.1. The van der Waals surface area contributed by atoms with E-state index in [1.54, 1.807) is 0 Å². The summed E-state index contributed by atoms with van der Waals surface area (Å²) in [6.07, 6.45) is 3.93. The molecule has 1 heterocycles. The second kappa shape index (κ2) is 12.2. The molecule has 0 aliphatic rings. The number of hydrogen-bond acceptors (Lipinski definition) is 4. The largest absolute Gasteiger partial charge is 0.462 e. The van der Waals surface area contributed by atoms with Crippen molar-refractivity contribution >= 4 is 39.6 Å². The highest BCUT2D eigenvalue weighted by Gasteiger charge is 2.18. The van der Waals surface area contributed by atoms with Gasteiger partial charge in [-0.05, 0) is 55.6 Å². The van der Waals surface area contributed by atoms with Gasteiger partial charge in [0.15, 0.2) is 5.11 Å². The third-order valence-corrected chi connectivity index (χ3v) is 6.04. The molecular weight excluding hydrogens is 424 g/mol. The zero-order chi connectivity index (χ0) is 21.9. The van der Waals surface area contributed by atoms with Crippen molar-refractivity contribution in [3.8, 4) is 0 Å². The van der Waals surface area contributed by atoms with Crippen molar-refractivity contribution in [3.63, 3.8) is 0 Å². The van der Waals surface area contributed by atoms with E-state index in [0.717, 1.165) is 42.1 Å². The van der Waals surface area contributed by atoms with Crippen LogP contribution in [0.1, 0.15) is 46.1 Å². The lowest BCUT2D eigenvalue weighted by molar-refractivity contribution is 0.0528. The Morgan fingerprint density at radius 3 is 2.35 bits per heavy atom. The molecule has 0 fully saturated rings. The van der Waals surface area contributed by atoms with Gasteiger partial charge in [0, 0.05) is 17.8 Å². The highest BCUT2D eigenvalue weighted by molar-refractivity contribution is 7.80. The number of benzene rings is 2. The third kappa shape index (κ3) is 7.49. The number of ether oxygens (including phenoxy) is 1. The van der Waals surface area contributed by atoms with Crippen molar-refractivity contribution < 1.29 is 9.53 Å². The molecule has 0 saturated heterocycles. The molecular formula is C25H28N2O2S2. The van der Waals surface area contributed by atoms with Crippen LogP contribution in [0.3, 0.4) is 0 Å². The summed E-state index contributed by atoms with van der Waals surface area (Å²) in [6, 6.07) is 22.6. The summed E-state index contributed by atoms with van der Waals surface area (Å²) >= 11 is 7.00. The van der Waals surface area contributed by atoms with Crippen LogP contribution in [0.5, 0.6) is 0 Å². The van der Waals surface area contributed by atoms with Crippen LogP contribution < -0.4 is 10.6 Å². The van der Waals surface area contributed by atoms with Crippen molar-refractivity contribution in [1.29, 1.82) is 0 Å². The van der Waals surface area contributed by atoms with E-state index in [-0.39, 0.29) is 5.97 Å². The summed E-state index contributed by atoms with van der Waals surface area (Å²) in [4.78, 5) is 13.5. The Morgan fingerprint density at radius 2 is 1.68 bits per heavy atom. The fraction of sp³-hybridized carbons (Fsp3) is 0.280. The molecule has 2 aromatic carbocycles. The van der Waals surface area contributed by atoms with E-state index in [1.807, 2.05) is 37.3 Å². The summed E-state index contributed by atoms with van der Waals surface area (Å²) in [5.41, 5.74) is 3.09. The maximum atomic E-state index is 12.4. The second-order valence-electron chi connectivity index (χ2n) is 7.16. The van der Waals surface area contributed by atoms with Gasteiger partial charge in [0.2, 0.25) is 0 Å². The molecule has 3 aromatic rings. The Balaban J connectivity index is 1.54. The normalized spacial score (nSPS) is 10.5. The maximum Gasteiger partial charge on any atom is 0.341 e.